The summed E-state index contributed by atoms with van der Waals surface area (Å²) in [7, 11) is 0. The molecule has 0 bridgehead atoms. The molecular weight excluding hydrogens is 240 g/mol. The van der Waals surface area contributed by atoms with E-state index < -0.39 is 0 Å². The zero-order valence-electron chi connectivity index (χ0n) is 11.1. The summed E-state index contributed by atoms with van der Waals surface area (Å²) < 4.78 is 0. The molecule has 0 spiro atoms. The van der Waals surface area contributed by atoms with Crippen molar-refractivity contribution in [3.8, 4) is 0 Å². The van der Waals surface area contributed by atoms with E-state index in [0.717, 1.165) is 26.1 Å². The molecule has 0 aliphatic carbocycles. The Morgan fingerprint density at radius 1 is 1.26 bits per heavy atom. The summed E-state index contributed by atoms with van der Waals surface area (Å²) in [5.41, 5.74) is 6.12. The fourth-order valence-electron chi connectivity index (χ4n) is 3.12. The minimum atomic E-state index is 0.0149. The molecule has 1 atom stereocenters. The summed E-state index contributed by atoms with van der Waals surface area (Å²) in [6, 6.07) is 5.77. The molecule has 1 unspecified atom stereocenters. The number of amides is 1. The van der Waals surface area contributed by atoms with Gasteiger partial charge in [-0.25, -0.2) is 4.98 Å². The standard InChI is InChI=1S/C14H20N4O/c15-13-6-1-5-12(16-13)14(19)18-9-3-8-17-7-2-4-11(17)10-18/h1,5-6,11H,2-4,7-10H2,(H2,15,16). The van der Waals surface area contributed by atoms with E-state index in [1.165, 1.54) is 19.4 Å². The first-order valence-electron chi connectivity index (χ1n) is 7.00. The number of hydrogen-bond donors (Lipinski definition) is 1. The van der Waals surface area contributed by atoms with Crippen LogP contribution in [0.4, 0.5) is 5.82 Å². The molecule has 1 aromatic rings. The van der Waals surface area contributed by atoms with Crippen molar-refractivity contribution in [3.05, 3.63) is 23.9 Å². The Morgan fingerprint density at radius 3 is 2.95 bits per heavy atom. The van der Waals surface area contributed by atoms with Crippen LogP contribution in [0, 0.1) is 0 Å². The Labute approximate surface area is 113 Å². The molecule has 102 valence electrons. The quantitative estimate of drug-likeness (QED) is 0.817. The number of carbonyl (C=O) groups is 1. The molecule has 0 saturated carbocycles. The number of anilines is 1. The first-order valence-corrected chi connectivity index (χ1v) is 7.00. The topological polar surface area (TPSA) is 62.5 Å². The highest BCUT2D eigenvalue weighted by molar-refractivity contribution is 5.92. The molecule has 2 aliphatic heterocycles. The molecule has 0 aromatic carbocycles. The van der Waals surface area contributed by atoms with Gasteiger partial charge in [0.05, 0.1) is 0 Å². The number of nitrogen functional groups attached to an aromatic ring is 1. The van der Waals surface area contributed by atoms with Crippen molar-refractivity contribution < 1.29 is 4.79 Å². The van der Waals surface area contributed by atoms with Crippen LogP contribution in [0.15, 0.2) is 18.2 Å². The number of rotatable bonds is 1. The Bertz CT molecular complexity index is 476. The number of fused-ring (bicyclic) bond motifs is 1. The van der Waals surface area contributed by atoms with Crippen molar-refractivity contribution >= 4 is 11.7 Å². The Morgan fingerprint density at radius 2 is 2.11 bits per heavy atom. The van der Waals surface area contributed by atoms with E-state index in [2.05, 4.69) is 9.88 Å². The van der Waals surface area contributed by atoms with Gasteiger partial charge < -0.3 is 10.6 Å². The van der Waals surface area contributed by atoms with Gasteiger partial charge in [-0.3, -0.25) is 9.69 Å². The molecule has 3 rings (SSSR count). The summed E-state index contributed by atoms with van der Waals surface area (Å²) in [6.45, 7) is 3.94. The Hall–Kier alpha value is -1.62. The molecule has 1 amide bonds. The maximum Gasteiger partial charge on any atom is 0.272 e. The lowest BCUT2D eigenvalue weighted by atomic mass is 10.2. The summed E-state index contributed by atoms with van der Waals surface area (Å²) in [5, 5.41) is 0. The van der Waals surface area contributed by atoms with Crippen molar-refractivity contribution in [2.24, 2.45) is 0 Å². The normalized spacial score (nSPS) is 24.0. The van der Waals surface area contributed by atoms with Crippen molar-refractivity contribution in [2.75, 3.05) is 31.9 Å². The predicted molar refractivity (Wildman–Crippen MR) is 73.8 cm³/mol. The lowest BCUT2D eigenvalue weighted by Gasteiger charge is -2.25. The van der Waals surface area contributed by atoms with E-state index in [9.17, 15) is 4.79 Å². The summed E-state index contributed by atoms with van der Waals surface area (Å²) in [5.74, 6) is 0.421. The summed E-state index contributed by atoms with van der Waals surface area (Å²) >= 11 is 0. The molecule has 5 heteroatoms. The maximum absolute atomic E-state index is 12.5. The second-order valence-corrected chi connectivity index (χ2v) is 5.38. The number of nitrogens with zero attached hydrogens (tertiary/aromatic N) is 3. The summed E-state index contributed by atoms with van der Waals surface area (Å²) in [4.78, 5) is 21.1. The average Bonchev–Trinajstić information content (AvgIpc) is 2.75. The van der Waals surface area contributed by atoms with Crippen molar-refractivity contribution in [2.45, 2.75) is 25.3 Å². The smallest absolute Gasteiger partial charge is 0.272 e. The van der Waals surface area contributed by atoms with Gasteiger partial charge in [-0.2, -0.15) is 0 Å². The number of nitrogens with two attached hydrogens (primary N) is 1. The number of pyridine rings is 1. The van der Waals surface area contributed by atoms with Crippen LogP contribution in [-0.4, -0.2) is 52.9 Å². The van der Waals surface area contributed by atoms with Crippen LogP contribution in [0.3, 0.4) is 0 Å². The van der Waals surface area contributed by atoms with Gasteiger partial charge in [-0.1, -0.05) is 6.07 Å². The highest BCUT2D eigenvalue weighted by Gasteiger charge is 2.31. The molecule has 5 nitrogen and oxygen atoms in total. The zero-order valence-corrected chi connectivity index (χ0v) is 11.1. The number of carbonyl (C=O) groups excluding carboxylic acids is 1. The van der Waals surface area contributed by atoms with Crippen LogP contribution < -0.4 is 5.73 Å². The van der Waals surface area contributed by atoms with E-state index in [1.54, 1.807) is 18.2 Å². The molecule has 0 radical (unpaired) electrons. The van der Waals surface area contributed by atoms with E-state index in [4.69, 9.17) is 5.73 Å². The van der Waals surface area contributed by atoms with E-state index in [1.807, 2.05) is 4.90 Å². The van der Waals surface area contributed by atoms with Crippen LogP contribution in [0.5, 0.6) is 0 Å². The third-order valence-corrected chi connectivity index (χ3v) is 4.08. The first-order chi connectivity index (χ1) is 9.24. The van der Waals surface area contributed by atoms with Gasteiger partial charge in [-0.15, -0.1) is 0 Å². The fraction of sp³-hybridized carbons (Fsp3) is 0.571. The van der Waals surface area contributed by atoms with Crippen molar-refractivity contribution in [1.82, 2.24) is 14.8 Å². The van der Waals surface area contributed by atoms with Crippen LogP contribution in [0.1, 0.15) is 29.8 Å². The lowest BCUT2D eigenvalue weighted by Crippen LogP contribution is -2.40. The second kappa shape index (κ2) is 5.17. The van der Waals surface area contributed by atoms with E-state index in [0.29, 0.717) is 17.6 Å². The predicted octanol–water partition coefficient (Wildman–Crippen LogP) is 0.974. The highest BCUT2D eigenvalue weighted by atomic mass is 16.2. The van der Waals surface area contributed by atoms with Crippen LogP contribution in [0.2, 0.25) is 0 Å². The number of hydrogen-bond acceptors (Lipinski definition) is 4. The van der Waals surface area contributed by atoms with E-state index >= 15 is 0 Å². The monoisotopic (exact) mass is 260 g/mol. The molecule has 2 N–H and O–H groups in total. The van der Waals surface area contributed by atoms with Crippen molar-refractivity contribution in [3.63, 3.8) is 0 Å². The molecule has 3 heterocycles. The van der Waals surface area contributed by atoms with Gasteiger partial charge in [0.25, 0.3) is 5.91 Å². The SMILES string of the molecule is Nc1cccc(C(=O)N2CCCN3CCCC3C2)n1. The van der Waals surface area contributed by atoms with Gasteiger partial charge in [0.1, 0.15) is 11.5 Å². The second-order valence-electron chi connectivity index (χ2n) is 5.38. The first kappa shape index (κ1) is 12.4. The van der Waals surface area contributed by atoms with Crippen LogP contribution >= 0.6 is 0 Å². The molecule has 2 saturated heterocycles. The van der Waals surface area contributed by atoms with E-state index in [-0.39, 0.29) is 5.91 Å². The Kier molecular flexibility index (Phi) is 3.38. The third-order valence-electron chi connectivity index (χ3n) is 4.08. The van der Waals surface area contributed by atoms with Crippen molar-refractivity contribution in [1.29, 1.82) is 0 Å². The zero-order chi connectivity index (χ0) is 13.2. The highest BCUT2D eigenvalue weighted by Crippen LogP contribution is 2.22. The minimum absolute atomic E-state index is 0.0149. The molecule has 19 heavy (non-hydrogen) atoms. The summed E-state index contributed by atoms with van der Waals surface area (Å²) in [6.07, 6.45) is 3.50. The maximum atomic E-state index is 12.5. The van der Waals surface area contributed by atoms with Crippen LogP contribution in [-0.2, 0) is 0 Å². The fourth-order valence-corrected chi connectivity index (χ4v) is 3.12. The van der Waals surface area contributed by atoms with Gasteiger partial charge in [0, 0.05) is 25.7 Å². The number of aromatic nitrogens is 1. The molecular formula is C14H20N4O. The average molecular weight is 260 g/mol. The van der Waals surface area contributed by atoms with Gasteiger partial charge in [0.15, 0.2) is 0 Å². The van der Waals surface area contributed by atoms with Gasteiger partial charge >= 0.3 is 0 Å². The molecule has 1 aromatic heterocycles. The largest absolute Gasteiger partial charge is 0.384 e. The van der Waals surface area contributed by atoms with Crippen LogP contribution in [0.25, 0.3) is 0 Å². The van der Waals surface area contributed by atoms with Gasteiger partial charge in [-0.05, 0) is 37.9 Å². The third kappa shape index (κ3) is 2.56. The molecule has 2 fully saturated rings. The van der Waals surface area contributed by atoms with Gasteiger partial charge in [0.2, 0.25) is 0 Å². The minimum Gasteiger partial charge on any atom is -0.384 e. The molecule has 2 aliphatic rings. The Balaban J connectivity index is 1.75. The lowest BCUT2D eigenvalue weighted by molar-refractivity contribution is 0.0737.